The van der Waals surface area contributed by atoms with E-state index in [-0.39, 0.29) is 43.6 Å². The van der Waals surface area contributed by atoms with Gasteiger partial charge in [-0.25, -0.2) is 4.79 Å². The van der Waals surface area contributed by atoms with Crippen LogP contribution in [0.5, 0.6) is 0 Å². The average molecular weight is 586 g/mol. The number of esters is 1. The highest BCUT2D eigenvalue weighted by molar-refractivity contribution is 5.93. The Hall–Kier alpha value is -3.42. The standard InChI is InChI=1S/C25H36N2O5.C9H19N/c1-6-10-20-11-8-9-12-21(20)19(7-2)15-23(29)26-16-24(30)27-22(14-13-18(5)28)25(31)32-17(3)4;1-4-6-8-10-9(3)7-5-2/h7-9,11-12,17,22H,6,10,13-16H2,1-5H3,(H,26,29)(H,27,30);7,10H,4-6,8H2,1-3H3/b19-7-;9-7-. The van der Waals surface area contributed by atoms with Gasteiger partial charge < -0.3 is 25.5 Å². The number of benzene rings is 1. The van der Waals surface area contributed by atoms with Crippen molar-refractivity contribution in [1.29, 1.82) is 0 Å². The minimum Gasteiger partial charge on any atom is -0.461 e. The van der Waals surface area contributed by atoms with Crippen molar-refractivity contribution in [2.45, 2.75) is 119 Å². The Morgan fingerprint density at radius 3 is 2.21 bits per heavy atom. The van der Waals surface area contributed by atoms with E-state index in [9.17, 15) is 19.2 Å². The highest BCUT2D eigenvalue weighted by Gasteiger charge is 2.24. The lowest BCUT2D eigenvalue weighted by molar-refractivity contribution is -0.151. The van der Waals surface area contributed by atoms with Crippen LogP contribution in [0.4, 0.5) is 0 Å². The van der Waals surface area contributed by atoms with Crippen LogP contribution in [0.2, 0.25) is 0 Å². The van der Waals surface area contributed by atoms with E-state index in [2.05, 4.69) is 55.8 Å². The number of carbonyl (C=O) groups excluding carboxylic acids is 4. The van der Waals surface area contributed by atoms with Gasteiger partial charge in [0.05, 0.1) is 19.1 Å². The molecule has 1 aromatic rings. The van der Waals surface area contributed by atoms with E-state index in [4.69, 9.17) is 4.74 Å². The fraction of sp³-hybridized carbons (Fsp3) is 0.588. The minimum absolute atomic E-state index is 0.0860. The topological polar surface area (TPSA) is 114 Å². The zero-order chi connectivity index (χ0) is 31.9. The van der Waals surface area contributed by atoms with Crippen LogP contribution in [-0.4, -0.2) is 48.8 Å². The first-order valence-electron chi connectivity index (χ1n) is 15.4. The van der Waals surface area contributed by atoms with Crippen LogP contribution in [0.1, 0.15) is 111 Å². The lowest BCUT2D eigenvalue weighted by atomic mass is 9.94. The van der Waals surface area contributed by atoms with Crippen LogP contribution < -0.4 is 16.0 Å². The van der Waals surface area contributed by atoms with Crippen molar-refractivity contribution < 1.29 is 23.9 Å². The monoisotopic (exact) mass is 585 g/mol. The molecule has 1 rings (SSSR count). The van der Waals surface area contributed by atoms with E-state index >= 15 is 0 Å². The van der Waals surface area contributed by atoms with Crippen LogP contribution in [0.3, 0.4) is 0 Å². The molecule has 0 saturated carbocycles. The molecule has 1 aromatic carbocycles. The molecule has 1 atom stereocenters. The first-order chi connectivity index (χ1) is 20.0. The summed E-state index contributed by atoms with van der Waals surface area (Å²) >= 11 is 0. The van der Waals surface area contributed by atoms with Gasteiger partial charge in [0.15, 0.2) is 0 Å². The fourth-order valence-electron chi connectivity index (χ4n) is 4.09. The second-order valence-corrected chi connectivity index (χ2v) is 10.6. The molecule has 8 nitrogen and oxygen atoms in total. The molecule has 0 radical (unpaired) electrons. The number of ether oxygens (including phenoxy) is 1. The number of rotatable bonds is 18. The number of Topliss-reactive ketones (excluding diaryl/α,β-unsaturated/α-hetero) is 1. The Morgan fingerprint density at radius 1 is 0.952 bits per heavy atom. The zero-order valence-corrected chi connectivity index (χ0v) is 27.2. The summed E-state index contributed by atoms with van der Waals surface area (Å²) in [6.45, 7) is 16.2. The van der Waals surface area contributed by atoms with E-state index in [1.54, 1.807) is 13.8 Å². The maximum absolute atomic E-state index is 12.5. The van der Waals surface area contributed by atoms with E-state index < -0.39 is 17.9 Å². The summed E-state index contributed by atoms with van der Waals surface area (Å²) in [5, 5.41) is 8.52. The highest BCUT2D eigenvalue weighted by Crippen LogP contribution is 2.23. The number of aryl methyl sites for hydroxylation is 1. The third-order valence-corrected chi connectivity index (χ3v) is 6.23. The minimum atomic E-state index is -0.933. The molecule has 0 aliphatic heterocycles. The van der Waals surface area contributed by atoms with Crippen molar-refractivity contribution >= 4 is 29.1 Å². The average Bonchev–Trinajstić information content (AvgIpc) is 2.93. The molecule has 0 saturated heterocycles. The Morgan fingerprint density at radius 2 is 1.64 bits per heavy atom. The van der Waals surface area contributed by atoms with Crippen LogP contribution in [-0.2, 0) is 30.3 Å². The van der Waals surface area contributed by atoms with Crippen molar-refractivity contribution in [1.82, 2.24) is 16.0 Å². The van der Waals surface area contributed by atoms with Gasteiger partial charge in [-0.05, 0) is 77.0 Å². The number of unbranched alkanes of at least 4 members (excludes halogenated alkanes) is 1. The molecular weight excluding hydrogens is 530 g/mol. The molecule has 42 heavy (non-hydrogen) atoms. The highest BCUT2D eigenvalue weighted by atomic mass is 16.5. The molecule has 1 unspecified atom stereocenters. The van der Waals surface area contributed by atoms with Crippen LogP contribution >= 0.6 is 0 Å². The third kappa shape index (κ3) is 18.1. The van der Waals surface area contributed by atoms with Crippen molar-refractivity contribution in [3.05, 3.63) is 53.2 Å². The molecule has 8 heteroatoms. The number of amides is 2. The summed E-state index contributed by atoms with van der Waals surface area (Å²) < 4.78 is 5.16. The van der Waals surface area contributed by atoms with Gasteiger partial charge >= 0.3 is 5.97 Å². The summed E-state index contributed by atoms with van der Waals surface area (Å²) in [5.41, 5.74) is 4.44. The smallest absolute Gasteiger partial charge is 0.328 e. The van der Waals surface area contributed by atoms with Gasteiger partial charge in [0.25, 0.3) is 0 Å². The van der Waals surface area contributed by atoms with Crippen molar-refractivity contribution in [3.8, 4) is 0 Å². The number of hydrogen-bond acceptors (Lipinski definition) is 6. The largest absolute Gasteiger partial charge is 0.461 e. The molecule has 0 spiro atoms. The third-order valence-electron chi connectivity index (χ3n) is 6.23. The quantitative estimate of drug-likeness (QED) is 0.143. The molecule has 0 aromatic heterocycles. The Balaban J connectivity index is 0.00000143. The van der Waals surface area contributed by atoms with Crippen molar-refractivity contribution in [2.75, 3.05) is 13.1 Å². The molecule has 0 aliphatic carbocycles. The first-order valence-corrected chi connectivity index (χ1v) is 15.4. The van der Waals surface area contributed by atoms with E-state index in [0.717, 1.165) is 36.9 Å². The lowest BCUT2D eigenvalue weighted by Crippen LogP contribution is -2.46. The van der Waals surface area contributed by atoms with Gasteiger partial charge in [-0.15, -0.1) is 0 Å². The molecule has 0 aliphatic rings. The summed E-state index contributed by atoms with van der Waals surface area (Å²) in [4.78, 5) is 48.3. The van der Waals surface area contributed by atoms with Crippen LogP contribution in [0, 0.1) is 0 Å². The van der Waals surface area contributed by atoms with E-state index in [0.29, 0.717) is 0 Å². The van der Waals surface area contributed by atoms with Crippen molar-refractivity contribution in [3.63, 3.8) is 0 Å². The fourth-order valence-corrected chi connectivity index (χ4v) is 4.09. The summed E-state index contributed by atoms with van der Waals surface area (Å²) in [5.74, 6) is -1.48. The number of nitrogens with one attached hydrogen (secondary N) is 3. The Kier molecular flexibility index (Phi) is 21.3. The van der Waals surface area contributed by atoms with Gasteiger partial charge in [-0.1, -0.05) is 70.0 Å². The summed E-state index contributed by atoms with van der Waals surface area (Å²) in [7, 11) is 0. The lowest BCUT2D eigenvalue weighted by Gasteiger charge is -2.19. The van der Waals surface area contributed by atoms with Crippen LogP contribution in [0.15, 0.2) is 42.1 Å². The maximum atomic E-state index is 12.5. The normalized spacial score (nSPS) is 12.1. The SMILES string of the molecule is C/C=C(/CC(=O)NCC(=O)NC(CCC(C)=O)C(=O)OC(C)C)c1ccccc1CCC.CC/C=C(/C)NCCCC. The van der Waals surface area contributed by atoms with E-state index in [1.807, 2.05) is 31.2 Å². The number of hydrogen-bond donors (Lipinski definition) is 3. The van der Waals surface area contributed by atoms with E-state index in [1.165, 1.54) is 31.0 Å². The van der Waals surface area contributed by atoms with Crippen molar-refractivity contribution in [2.24, 2.45) is 0 Å². The molecule has 0 fully saturated rings. The second kappa shape index (κ2) is 23.2. The number of ketones is 1. The Labute approximate surface area is 254 Å². The summed E-state index contributed by atoms with van der Waals surface area (Å²) in [6.07, 6.45) is 9.83. The van der Waals surface area contributed by atoms with Gasteiger partial charge in [0.2, 0.25) is 11.8 Å². The Bertz CT molecular complexity index is 1030. The molecule has 2 amide bonds. The predicted octanol–water partition coefficient (Wildman–Crippen LogP) is 6.04. The molecule has 3 N–H and O–H groups in total. The zero-order valence-electron chi connectivity index (χ0n) is 27.2. The molecule has 236 valence electrons. The molecule has 0 bridgehead atoms. The van der Waals surface area contributed by atoms with Gasteiger partial charge in [-0.3, -0.25) is 9.59 Å². The van der Waals surface area contributed by atoms with Crippen LogP contribution in [0.25, 0.3) is 5.57 Å². The molecular formula is C34H55N3O5. The first kappa shape index (κ1) is 38.6. The summed E-state index contributed by atoms with van der Waals surface area (Å²) in [6, 6.07) is 7.06. The second-order valence-electron chi connectivity index (χ2n) is 10.6. The number of carbonyl (C=O) groups is 4. The van der Waals surface area contributed by atoms with Gasteiger partial charge in [0, 0.05) is 18.7 Å². The number of allylic oxidation sites excluding steroid dienone is 3. The molecule has 0 heterocycles. The predicted molar refractivity (Wildman–Crippen MR) is 172 cm³/mol. The van der Waals surface area contributed by atoms with Gasteiger partial charge in [-0.2, -0.15) is 0 Å². The maximum Gasteiger partial charge on any atom is 0.328 e. The van der Waals surface area contributed by atoms with Gasteiger partial charge in [0.1, 0.15) is 11.8 Å².